The second-order valence-corrected chi connectivity index (χ2v) is 10.1. The van der Waals surface area contributed by atoms with Crippen molar-refractivity contribution < 1.29 is 33.6 Å². The SMILES string of the molecule is COc1ccc2c(c1)OC(C)(C)[C@H]1C[C@@H]3CN(C(=O)c4cccc(OCC(=O)O)c4)CC[C@@H]3O[C@H]21. The minimum atomic E-state index is -1.06. The zero-order chi connectivity index (χ0) is 24.7. The van der Waals surface area contributed by atoms with Crippen molar-refractivity contribution in [1.82, 2.24) is 4.90 Å². The minimum absolute atomic E-state index is 0.0498. The first-order valence-corrected chi connectivity index (χ1v) is 12.0. The Bertz CT molecular complexity index is 1130. The molecule has 0 aliphatic carbocycles. The predicted octanol–water partition coefficient (Wildman–Crippen LogP) is 3.94. The fourth-order valence-electron chi connectivity index (χ4n) is 5.64. The van der Waals surface area contributed by atoms with Gasteiger partial charge in [-0.15, -0.1) is 0 Å². The van der Waals surface area contributed by atoms with Crippen molar-refractivity contribution in [3.8, 4) is 17.2 Å². The summed E-state index contributed by atoms with van der Waals surface area (Å²) in [5, 5.41) is 8.84. The number of carboxylic acids is 1. The van der Waals surface area contributed by atoms with Gasteiger partial charge in [-0.1, -0.05) is 6.07 Å². The molecule has 0 aromatic heterocycles. The smallest absolute Gasteiger partial charge is 0.341 e. The molecule has 0 spiro atoms. The van der Waals surface area contributed by atoms with Gasteiger partial charge in [-0.3, -0.25) is 4.79 Å². The second kappa shape index (κ2) is 9.07. The summed E-state index contributed by atoms with van der Waals surface area (Å²) in [5.41, 5.74) is 1.13. The van der Waals surface area contributed by atoms with Crippen molar-refractivity contribution in [2.75, 3.05) is 26.8 Å². The number of benzene rings is 2. The van der Waals surface area contributed by atoms with Gasteiger partial charge in [-0.25, -0.2) is 4.79 Å². The summed E-state index contributed by atoms with van der Waals surface area (Å²) in [6.07, 6.45) is 1.70. The molecule has 3 heterocycles. The predicted molar refractivity (Wildman–Crippen MR) is 127 cm³/mol. The van der Waals surface area contributed by atoms with Crippen molar-refractivity contribution in [3.63, 3.8) is 0 Å². The number of amides is 1. The Morgan fingerprint density at radius 1 is 1.17 bits per heavy atom. The molecule has 0 bridgehead atoms. The maximum Gasteiger partial charge on any atom is 0.341 e. The largest absolute Gasteiger partial charge is 0.497 e. The van der Waals surface area contributed by atoms with E-state index in [4.69, 9.17) is 24.1 Å². The van der Waals surface area contributed by atoms with Gasteiger partial charge >= 0.3 is 5.97 Å². The van der Waals surface area contributed by atoms with Crippen LogP contribution in [0, 0.1) is 11.8 Å². The first-order valence-electron chi connectivity index (χ1n) is 12.0. The molecule has 186 valence electrons. The van der Waals surface area contributed by atoms with E-state index >= 15 is 0 Å². The summed E-state index contributed by atoms with van der Waals surface area (Å²) < 4.78 is 23.7. The van der Waals surface area contributed by atoms with Crippen molar-refractivity contribution in [3.05, 3.63) is 53.6 Å². The zero-order valence-electron chi connectivity index (χ0n) is 20.2. The number of nitrogens with zero attached hydrogens (tertiary/aromatic N) is 1. The Hall–Kier alpha value is -3.26. The fraction of sp³-hybridized carbons (Fsp3) is 0.481. The van der Waals surface area contributed by atoms with Crippen molar-refractivity contribution in [1.29, 1.82) is 0 Å². The Morgan fingerprint density at radius 3 is 2.77 bits per heavy atom. The maximum absolute atomic E-state index is 13.3. The van der Waals surface area contributed by atoms with Crippen LogP contribution >= 0.6 is 0 Å². The lowest BCUT2D eigenvalue weighted by Gasteiger charge is -2.53. The van der Waals surface area contributed by atoms with Crippen LogP contribution in [-0.2, 0) is 9.53 Å². The lowest BCUT2D eigenvalue weighted by Crippen LogP contribution is -2.56. The lowest BCUT2D eigenvalue weighted by atomic mass is 9.70. The number of hydrogen-bond donors (Lipinski definition) is 1. The number of fused-ring (bicyclic) bond motifs is 4. The van der Waals surface area contributed by atoms with Crippen LogP contribution in [0.1, 0.15) is 48.7 Å². The van der Waals surface area contributed by atoms with E-state index in [0.717, 1.165) is 29.9 Å². The van der Waals surface area contributed by atoms with Crippen LogP contribution in [0.2, 0.25) is 0 Å². The third-order valence-corrected chi connectivity index (χ3v) is 7.43. The van der Waals surface area contributed by atoms with E-state index in [-0.39, 0.29) is 30.0 Å². The number of rotatable bonds is 5. The highest BCUT2D eigenvalue weighted by molar-refractivity contribution is 5.94. The van der Waals surface area contributed by atoms with Crippen molar-refractivity contribution in [2.24, 2.45) is 11.8 Å². The molecular formula is C27H31NO7. The highest BCUT2D eigenvalue weighted by Crippen LogP contribution is 2.53. The number of carbonyl (C=O) groups excluding carboxylic acids is 1. The van der Waals surface area contributed by atoms with Gasteiger partial charge in [0.1, 0.15) is 22.8 Å². The van der Waals surface area contributed by atoms with Crippen molar-refractivity contribution in [2.45, 2.75) is 44.5 Å². The first kappa shape index (κ1) is 23.5. The first-order chi connectivity index (χ1) is 16.7. The Morgan fingerprint density at radius 2 is 2.00 bits per heavy atom. The van der Waals surface area contributed by atoms with Gasteiger partial charge in [0.05, 0.1) is 19.3 Å². The number of carbonyl (C=O) groups is 2. The topological polar surface area (TPSA) is 94.5 Å². The molecule has 1 N–H and O–H groups in total. The van der Waals surface area contributed by atoms with E-state index in [0.29, 0.717) is 24.4 Å². The van der Waals surface area contributed by atoms with Gasteiger partial charge in [0.2, 0.25) is 0 Å². The molecule has 2 aromatic carbocycles. The number of hydrogen-bond acceptors (Lipinski definition) is 6. The summed E-state index contributed by atoms with van der Waals surface area (Å²) >= 11 is 0. The van der Waals surface area contributed by atoms with Crippen molar-refractivity contribution >= 4 is 11.9 Å². The molecule has 2 aromatic rings. The van der Waals surface area contributed by atoms with Crippen LogP contribution in [0.15, 0.2) is 42.5 Å². The Kier molecular flexibility index (Phi) is 6.09. The molecule has 8 nitrogen and oxygen atoms in total. The molecule has 5 rings (SSSR count). The minimum Gasteiger partial charge on any atom is -0.497 e. The number of likely N-dealkylation sites (tertiary alicyclic amines) is 1. The fourth-order valence-corrected chi connectivity index (χ4v) is 5.64. The van der Waals surface area contributed by atoms with Gasteiger partial charge in [0.25, 0.3) is 5.91 Å². The molecule has 3 aliphatic heterocycles. The molecular weight excluding hydrogens is 450 g/mol. The number of piperidine rings is 1. The normalized spacial score (nSPS) is 26.4. The lowest BCUT2D eigenvalue weighted by molar-refractivity contribution is -0.184. The summed E-state index contributed by atoms with van der Waals surface area (Å²) in [6, 6.07) is 12.6. The van der Waals surface area contributed by atoms with Gasteiger partial charge in [-0.2, -0.15) is 0 Å². The molecule has 35 heavy (non-hydrogen) atoms. The standard InChI is InChI=1S/C27H31NO7/c1-27(2)21-12-17-14-28(26(31)16-5-4-6-19(11-16)33-15-24(29)30)10-9-22(17)34-25(21)20-8-7-18(32-3)13-23(20)35-27/h4-8,11,13,17,21-22,25H,9-10,12,14-15H2,1-3H3,(H,29,30)/t17-,21+,22+,25-/m1/s1. The monoisotopic (exact) mass is 481 g/mol. The second-order valence-electron chi connectivity index (χ2n) is 10.1. The molecule has 2 saturated heterocycles. The van der Waals surface area contributed by atoms with Crippen LogP contribution in [0.3, 0.4) is 0 Å². The quantitative estimate of drug-likeness (QED) is 0.691. The van der Waals surface area contributed by atoms with E-state index in [1.807, 2.05) is 23.1 Å². The molecule has 0 unspecified atom stereocenters. The number of ether oxygens (including phenoxy) is 4. The van der Waals surface area contributed by atoms with Gasteiger partial charge in [0.15, 0.2) is 6.61 Å². The van der Waals surface area contributed by atoms with Crippen LogP contribution in [0.25, 0.3) is 0 Å². The van der Waals surface area contributed by atoms with Crippen LogP contribution in [-0.4, -0.2) is 60.4 Å². The van der Waals surface area contributed by atoms with E-state index in [9.17, 15) is 9.59 Å². The van der Waals surface area contributed by atoms with Gasteiger partial charge < -0.3 is 29.0 Å². The summed E-state index contributed by atoms with van der Waals surface area (Å²) in [7, 11) is 1.65. The van der Waals surface area contributed by atoms with Crippen LogP contribution in [0.4, 0.5) is 0 Å². The molecule has 8 heteroatoms. The average Bonchev–Trinajstić information content (AvgIpc) is 2.85. The molecule has 0 radical (unpaired) electrons. The number of carboxylic acid groups (broad SMARTS) is 1. The third kappa shape index (κ3) is 4.55. The summed E-state index contributed by atoms with van der Waals surface area (Å²) in [6.45, 7) is 4.97. The van der Waals surface area contributed by atoms with E-state index in [1.165, 1.54) is 0 Å². The molecule has 3 aliphatic rings. The highest BCUT2D eigenvalue weighted by Gasteiger charge is 2.51. The van der Waals surface area contributed by atoms with Crippen LogP contribution in [0.5, 0.6) is 17.2 Å². The molecule has 4 atom stereocenters. The van der Waals surface area contributed by atoms with Crippen LogP contribution < -0.4 is 14.2 Å². The average molecular weight is 482 g/mol. The highest BCUT2D eigenvalue weighted by atomic mass is 16.5. The molecule has 1 amide bonds. The van der Waals surface area contributed by atoms with E-state index < -0.39 is 18.2 Å². The molecule has 2 fully saturated rings. The maximum atomic E-state index is 13.3. The van der Waals surface area contributed by atoms with E-state index in [1.54, 1.807) is 31.4 Å². The Labute approximate surface area is 204 Å². The number of methoxy groups -OCH3 is 1. The molecule has 0 saturated carbocycles. The summed E-state index contributed by atoms with van der Waals surface area (Å²) in [5.74, 6) is 1.17. The van der Waals surface area contributed by atoms with E-state index in [2.05, 4.69) is 13.8 Å². The van der Waals surface area contributed by atoms with Gasteiger partial charge in [-0.05, 0) is 57.0 Å². The Balaban J connectivity index is 1.31. The van der Waals surface area contributed by atoms with Gasteiger partial charge in [0, 0.05) is 42.1 Å². The summed E-state index contributed by atoms with van der Waals surface area (Å²) in [4.78, 5) is 25.9. The number of aliphatic carboxylic acids is 1. The third-order valence-electron chi connectivity index (χ3n) is 7.43. The zero-order valence-corrected chi connectivity index (χ0v) is 20.2.